The number of nitrogens with one attached hydrogen (secondary N) is 3. The molecule has 0 radical (unpaired) electrons. The lowest BCUT2D eigenvalue weighted by Crippen LogP contribution is -2.35. The maximum Gasteiger partial charge on any atom is 0.258 e. The van der Waals surface area contributed by atoms with Crippen molar-refractivity contribution in [2.24, 2.45) is 0 Å². The molecule has 3 aromatic carbocycles. The van der Waals surface area contributed by atoms with E-state index in [4.69, 9.17) is 0 Å². The number of carbonyl (C=O) groups excluding carboxylic acids is 2. The number of rotatable bonds is 9. The summed E-state index contributed by atoms with van der Waals surface area (Å²) in [5.74, 6) is -1.11. The molecule has 0 fully saturated rings. The number of nitrogens with zero attached hydrogens (tertiary/aromatic N) is 2. The fourth-order valence-electron chi connectivity index (χ4n) is 4.52. The van der Waals surface area contributed by atoms with E-state index in [1.807, 2.05) is 25.9 Å². The number of aryl methyl sites for hydroxylation is 1. The molecule has 0 saturated heterocycles. The first-order chi connectivity index (χ1) is 18.9. The number of carbonyl (C=O) groups is 2. The van der Waals surface area contributed by atoms with Crippen molar-refractivity contribution in [1.82, 2.24) is 10.2 Å². The highest BCUT2D eigenvalue weighted by molar-refractivity contribution is 7.92. The number of hydrogen-bond donors (Lipinski definition) is 3. The summed E-state index contributed by atoms with van der Waals surface area (Å²) in [5.41, 5.74) is 4.66. The average Bonchev–Trinajstić information content (AvgIpc) is 3.21. The molecule has 0 aromatic heterocycles. The standard InChI is InChI=1S/C29H32FN5O4S/c1-18-16-19(28(36)31-2)6-12-23(18)27(26-24-13-7-20(30)17-25(24)33-29(26)37)32-21-8-10-22(11-9-21)35(40(5,38)39)15-14-34(3)4/h6-13,16-17,32H,14-15H2,1-5H3,(H,31,36)(H,33,37)/b27-26-. The molecule has 1 aliphatic rings. The molecule has 0 unspecified atom stereocenters. The van der Waals surface area contributed by atoms with Crippen molar-refractivity contribution < 1.29 is 22.4 Å². The number of sulfonamides is 1. The van der Waals surface area contributed by atoms with Gasteiger partial charge in [-0.25, -0.2) is 12.8 Å². The normalized spacial score (nSPS) is 14.0. The Hall–Kier alpha value is -4.22. The molecule has 11 heteroatoms. The van der Waals surface area contributed by atoms with Crippen LogP contribution >= 0.6 is 0 Å². The summed E-state index contributed by atoms with van der Waals surface area (Å²) < 4.78 is 40.2. The van der Waals surface area contributed by atoms with Gasteiger partial charge in [0.25, 0.3) is 11.8 Å². The number of amides is 2. The molecule has 0 aliphatic carbocycles. The fourth-order valence-corrected chi connectivity index (χ4v) is 5.44. The van der Waals surface area contributed by atoms with Crippen molar-refractivity contribution in [3.63, 3.8) is 0 Å². The Morgan fingerprint density at radius 2 is 1.70 bits per heavy atom. The minimum absolute atomic E-state index is 0.239. The van der Waals surface area contributed by atoms with E-state index in [0.717, 1.165) is 5.56 Å². The molecular formula is C29H32FN5O4S. The van der Waals surface area contributed by atoms with Crippen LogP contribution in [0, 0.1) is 12.7 Å². The van der Waals surface area contributed by atoms with Gasteiger partial charge in [-0.3, -0.25) is 13.9 Å². The first kappa shape index (κ1) is 28.8. The van der Waals surface area contributed by atoms with E-state index >= 15 is 0 Å². The van der Waals surface area contributed by atoms with Crippen LogP contribution in [0.15, 0.2) is 60.7 Å². The minimum Gasteiger partial charge on any atom is -0.355 e. The topological polar surface area (TPSA) is 111 Å². The Kier molecular flexibility index (Phi) is 8.26. The van der Waals surface area contributed by atoms with Crippen molar-refractivity contribution >= 4 is 50.2 Å². The monoisotopic (exact) mass is 565 g/mol. The predicted molar refractivity (Wildman–Crippen MR) is 157 cm³/mol. The van der Waals surface area contributed by atoms with Crippen LogP contribution in [0.2, 0.25) is 0 Å². The van der Waals surface area contributed by atoms with Gasteiger partial charge in [0.15, 0.2) is 0 Å². The molecule has 0 atom stereocenters. The van der Waals surface area contributed by atoms with Crippen molar-refractivity contribution in [2.45, 2.75) is 6.92 Å². The van der Waals surface area contributed by atoms with E-state index in [2.05, 4.69) is 16.0 Å². The van der Waals surface area contributed by atoms with Crippen molar-refractivity contribution in [2.75, 3.05) is 55.4 Å². The van der Waals surface area contributed by atoms with Gasteiger partial charge in [-0.2, -0.15) is 0 Å². The molecule has 40 heavy (non-hydrogen) atoms. The molecule has 1 aliphatic heterocycles. The Bertz CT molecular complexity index is 1600. The van der Waals surface area contributed by atoms with Crippen molar-refractivity contribution in [3.05, 3.63) is 88.7 Å². The summed E-state index contributed by atoms with van der Waals surface area (Å²) >= 11 is 0. The highest BCUT2D eigenvalue weighted by atomic mass is 32.2. The molecule has 210 valence electrons. The lowest BCUT2D eigenvalue weighted by Gasteiger charge is -2.24. The highest BCUT2D eigenvalue weighted by Crippen LogP contribution is 2.39. The molecule has 0 spiro atoms. The van der Waals surface area contributed by atoms with Crippen LogP contribution in [0.3, 0.4) is 0 Å². The molecule has 3 N–H and O–H groups in total. The van der Waals surface area contributed by atoms with Crippen LogP contribution in [0.5, 0.6) is 0 Å². The van der Waals surface area contributed by atoms with Gasteiger partial charge >= 0.3 is 0 Å². The first-order valence-electron chi connectivity index (χ1n) is 12.6. The Labute approximate surface area is 233 Å². The summed E-state index contributed by atoms with van der Waals surface area (Å²) in [6.07, 6.45) is 1.17. The van der Waals surface area contributed by atoms with Crippen LogP contribution < -0.4 is 20.3 Å². The van der Waals surface area contributed by atoms with E-state index < -0.39 is 21.7 Å². The third-order valence-corrected chi connectivity index (χ3v) is 7.73. The number of fused-ring (bicyclic) bond motifs is 1. The molecule has 0 saturated carbocycles. The summed E-state index contributed by atoms with van der Waals surface area (Å²) in [6, 6.07) is 16.1. The van der Waals surface area contributed by atoms with Crippen LogP contribution in [0.4, 0.5) is 21.5 Å². The largest absolute Gasteiger partial charge is 0.355 e. The van der Waals surface area contributed by atoms with Gasteiger partial charge < -0.3 is 20.9 Å². The van der Waals surface area contributed by atoms with Crippen LogP contribution in [-0.2, 0) is 14.8 Å². The number of likely N-dealkylation sites (N-methyl/N-ethyl adjacent to an activating group) is 1. The lowest BCUT2D eigenvalue weighted by atomic mass is 9.95. The van der Waals surface area contributed by atoms with E-state index in [0.29, 0.717) is 51.6 Å². The lowest BCUT2D eigenvalue weighted by molar-refractivity contribution is -0.110. The van der Waals surface area contributed by atoms with Gasteiger partial charge in [0.1, 0.15) is 5.82 Å². The summed E-state index contributed by atoms with van der Waals surface area (Å²) in [7, 11) is 1.79. The van der Waals surface area contributed by atoms with E-state index in [-0.39, 0.29) is 12.5 Å². The summed E-state index contributed by atoms with van der Waals surface area (Å²) in [5, 5.41) is 8.66. The Balaban J connectivity index is 1.80. The van der Waals surface area contributed by atoms with Gasteiger partial charge in [-0.05, 0) is 81.2 Å². The van der Waals surface area contributed by atoms with Gasteiger partial charge in [-0.15, -0.1) is 0 Å². The zero-order valence-corrected chi connectivity index (χ0v) is 23.8. The number of halogens is 1. The highest BCUT2D eigenvalue weighted by Gasteiger charge is 2.29. The molecule has 4 rings (SSSR count). The van der Waals surface area contributed by atoms with Crippen molar-refractivity contribution in [3.8, 4) is 0 Å². The Morgan fingerprint density at radius 1 is 1.00 bits per heavy atom. The average molecular weight is 566 g/mol. The van der Waals surface area contributed by atoms with Crippen LogP contribution in [0.1, 0.15) is 27.0 Å². The van der Waals surface area contributed by atoms with E-state index in [1.54, 1.807) is 55.6 Å². The minimum atomic E-state index is -3.51. The molecule has 9 nitrogen and oxygen atoms in total. The zero-order chi connectivity index (χ0) is 29.2. The second-order valence-corrected chi connectivity index (χ2v) is 11.7. The van der Waals surface area contributed by atoms with Gasteiger partial charge in [0, 0.05) is 42.5 Å². The SMILES string of the molecule is CNC(=O)c1ccc(/C(Nc2ccc(N(CCN(C)C)S(C)(=O)=O)cc2)=C2/C(=O)Nc3cc(F)ccc32)c(C)c1. The maximum absolute atomic E-state index is 13.9. The Morgan fingerprint density at radius 3 is 2.30 bits per heavy atom. The second kappa shape index (κ2) is 11.5. The molecular weight excluding hydrogens is 533 g/mol. The second-order valence-electron chi connectivity index (χ2n) is 9.81. The number of anilines is 3. The molecule has 2 amide bonds. The smallest absolute Gasteiger partial charge is 0.258 e. The quantitative estimate of drug-likeness (QED) is 0.341. The summed E-state index contributed by atoms with van der Waals surface area (Å²) in [4.78, 5) is 27.3. The van der Waals surface area contributed by atoms with E-state index in [9.17, 15) is 22.4 Å². The van der Waals surface area contributed by atoms with Gasteiger partial charge in [0.2, 0.25) is 10.0 Å². The van der Waals surface area contributed by atoms with Crippen molar-refractivity contribution in [1.29, 1.82) is 0 Å². The van der Waals surface area contributed by atoms with Crippen LogP contribution in [0.25, 0.3) is 11.3 Å². The maximum atomic E-state index is 13.9. The predicted octanol–water partition coefficient (Wildman–Crippen LogP) is 3.75. The number of benzene rings is 3. The number of hydrogen-bond acceptors (Lipinski definition) is 6. The van der Waals surface area contributed by atoms with Crippen LogP contribution in [-0.4, -0.2) is 65.6 Å². The first-order valence-corrected chi connectivity index (χ1v) is 14.4. The third-order valence-electron chi connectivity index (χ3n) is 6.54. The van der Waals surface area contributed by atoms with Gasteiger partial charge in [0.05, 0.1) is 28.9 Å². The molecule has 0 bridgehead atoms. The van der Waals surface area contributed by atoms with E-state index in [1.165, 1.54) is 22.7 Å². The fraction of sp³-hybridized carbons (Fsp3) is 0.241. The third kappa shape index (κ3) is 6.16. The zero-order valence-electron chi connectivity index (χ0n) is 23.0. The summed E-state index contributed by atoms with van der Waals surface area (Å²) in [6.45, 7) is 2.67. The van der Waals surface area contributed by atoms with Gasteiger partial charge in [-0.1, -0.05) is 6.07 Å². The molecule has 1 heterocycles. The molecule has 3 aromatic rings.